The van der Waals surface area contributed by atoms with Crippen molar-refractivity contribution in [2.24, 2.45) is 5.92 Å². The van der Waals surface area contributed by atoms with Crippen molar-refractivity contribution in [2.75, 3.05) is 85.7 Å². The summed E-state index contributed by atoms with van der Waals surface area (Å²) in [5.74, 6) is -1.89. The molecule has 2 N–H and O–H groups in total. The first-order valence-corrected chi connectivity index (χ1v) is 18.8. The molecule has 0 radical (unpaired) electrons. The maximum absolute atomic E-state index is 12.9. The molecule has 2 fully saturated rings. The second-order valence-corrected chi connectivity index (χ2v) is 13.5. The molecule has 1 unspecified atom stereocenters. The van der Waals surface area contributed by atoms with Gasteiger partial charge in [0, 0.05) is 43.2 Å². The largest absolute Gasteiger partial charge is 0.392 e. The van der Waals surface area contributed by atoms with E-state index in [0.717, 1.165) is 22.3 Å². The molecular formula is C41H50N2O12. The number of nitrogens with zero attached hydrogens (tertiary/aromatic N) is 1. The number of cyclic esters (lactones) is 2. The molecule has 14 nitrogen and oxygen atoms in total. The molecule has 2 saturated heterocycles. The molecule has 6 rings (SSSR count). The number of esters is 2. The van der Waals surface area contributed by atoms with E-state index in [1.807, 2.05) is 48.5 Å². The SMILES string of the molecule is C[C@H]1[C@@H](CN2CCOCCOCCOCCOCCOCC2)OC(c2ccc(CNC(=O)c3ccc4c(c3)C(=O)OC4=O)cc2)O[C@H]1c1ccc(CO)cc1. The first-order valence-electron chi connectivity index (χ1n) is 18.8. The highest BCUT2D eigenvalue weighted by Gasteiger charge is 2.39. The summed E-state index contributed by atoms with van der Waals surface area (Å²) in [4.78, 5) is 38.9. The third-order valence-corrected chi connectivity index (χ3v) is 9.77. The summed E-state index contributed by atoms with van der Waals surface area (Å²) in [7, 11) is 0. The van der Waals surface area contributed by atoms with E-state index in [0.29, 0.717) is 85.7 Å². The van der Waals surface area contributed by atoms with Gasteiger partial charge in [0.2, 0.25) is 0 Å². The van der Waals surface area contributed by atoms with Crippen LogP contribution < -0.4 is 5.32 Å². The first-order chi connectivity index (χ1) is 26.9. The minimum atomic E-state index is -0.760. The summed E-state index contributed by atoms with van der Waals surface area (Å²) in [5.41, 5.74) is 3.96. The van der Waals surface area contributed by atoms with E-state index >= 15 is 0 Å². The number of benzene rings is 3. The van der Waals surface area contributed by atoms with Gasteiger partial charge in [0.1, 0.15) is 0 Å². The molecule has 0 aromatic heterocycles. The second-order valence-electron chi connectivity index (χ2n) is 13.5. The molecule has 0 aliphatic carbocycles. The number of carbonyl (C=O) groups is 3. The maximum Gasteiger partial charge on any atom is 0.346 e. The zero-order chi connectivity index (χ0) is 38.4. The minimum Gasteiger partial charge on any atom is -0.392 e. The van der Waals surface area contributed by atoms with Crippen LogP contribution in [-0.2, 0) is 51.0 Å². The summed E-state index contributed by atoms with van der Waals surface area (Å²) in [6, 6.07) is 19.8. The number of hydrogen-bond acceptors (Lipinski definition) is 13. The fraction of sp³-hybridized carbons (Fsp3) is 0.488. The van der Waals surface area contributed by atoms with Crippen molar-refractivity contribution in [3.05, 3.63) is 106 Å². The lowest BCUT2D eigenvalue weighted by Crippen LogP contribution is -2.46. The third kappa shape index (κ3) is 11.5. The average Bonchev–Trinajstić information content (AvgIpc) is 3.50. The van der Waals surface area contributed by atoms with E-state index in [9.17, 15) is 19.5 Å². The lowest BCUT2D eigenvalue weighted by molar-refractivity contribution is -0.276. The van der Waals surface area contributed by atoms with Gasteiger partial charge >= 0.3 is 11.9 Å². The molecule has 3 heterocycles. The Balaban J connectivity index is 1.12. The molecular weight excluding hydrogens is 712 g/mol. The van der Waals surface area contributed by atoms with E-state index in [4.69, 9.17) is 33.2 Å². The molecule has 3 aliphatic rings. The number of aliphatic hydroxyl groups is 1. The maximum atomic E-state index is 12.9. The van der Waals surface area contributed by atoms with Gasteiger partial charge in [-0.2, -0.15) is 0 Å². The van der Waals surface area contributed by atoms with E-state index in [1.165, 1.54) is 18.2 Å². The van der Waals surface area contributed by atoms with Gasteiger partial charge in [-0.1, -0.05) is 55.5 Å². The average molecular weight is 763 g/mol. The zero-order valence-electron chi connectivity index (χ0n) is 31.2. The number of fused-ring (bicyclic) bond motifs is 1. The van der Waals surface area contributed by atoms with Gasteiger partial charge in [0.05, 0.1) is 96.0 Å². The van der Waals surface area contributed by atoms with Crippen LogP contribution in [0.1, 0.15) is 72.6 Å². The van der Waals surface area contributed by atoms with Crippen molar-refractivity contribution in [3.63, 3.8) is 0 Å². The van der Waals surface area contributed by atoms with Gasteiger partial charge in [-0.05, 0) is 34.9 Å². The normalized spacial score (nSPS) is 24.0. The molecule has 3 aromatic carbocycles. The summed E-state index contributed by atoms with van der Waals surface area (Å²) in [5, 5.41) is 12.5. The van der Waals surface area contributed by atoms with Crippen molar-refractivity contribution >= 4 is 17.8 Å². The van der Waals surface area contributed by atoms with Crippen molar-refractivity contribution < 1.29 is 57.4 Å². The predicted octanol–water partition coefficient (Wildman–Crippen LogP) is 3.61. The third-order valence-electron chi connectivity index (χ3n) is 9.77. The van der Waals surface area contributed by atoms with Gasteiger partial charge in [-0.3, -0.25) is 9.69 Å². The number of ether oxygens (including phenoxy) is 8. The lowest BCUT2D eigenvalue weighted by atomic mass is 9.90. The Morgan fingerprint density at radius 1 is 0.691 bits per heavy atom. The molecule has 3 aliphatic heterocycles. The van der Waals surface area contributed by atoms with Crippen LogP contribution >= 0.6 is 0 Å². The van der Waals surface area contributed by atoms with Gasteiger partial charge in [-0.25, -0.2) is 9.59 Å². The number of amides is 1. The highest BCUT2D eigenvalue weighted by Crippen LogP contribution is 2.42. The van der Waals surface area contributed by atoms with Crippen LogP contribution in [0.2, 0.25) is 0 Å². The van der Waals surface area contributed by atoms with Crippen LogP contribution in [0.15, 0.2) is 66.7 Å². The van der Waals surface area contributed by atoms with E-state index in [-0.39, 0.29) is 53.9 Å². The summed E-state index contributed by atoms with van der Waals surface area (Å²) in [6.07, 6.45) is -1.18. The molecule has 0 bridgehead atoms. The van der Waals surface area contributed by atoms with E-state index in [2.05, 4.69) is 21.9 Å². The standard InChI is InChI=1S/C41H50N2O12/c1-28-36(26-43-12-14-48-16-18-50-20-22-52-23-21-51-19-17-49-15-13-43)53-41(54-37(28)31-6-4-30(27-44)5-7-31)32-8-2-29(3-9-32)25-42-38(45)33-10-11-34-35(24-33)40(47)55-39(34)46/h2-11,24,28,36-37,41,44H,12-23,25-27H2,1H3,(H,42,45)/t28-,36+,37+,41?/m0/s1. The Hall–Kier alpha value is -4.09. The van der Waals surface area contributed by atoms with Crippen molar-refractivity contribution in [2.45, 2.75) is 38.6 Å². The fourth-order valence-electron chi connectivity index (χ4n) is 6.55. The van der Waals surface area contributed by atoms with Crippen LogP contribution in [0.5, 0.6) is 0 Å². The zero-order valence-corrected chi connectivity index (χ0v) is 31.2. The quantitative estimate of drug-likeness (QED) is 0.253. The Labute approximate surface area is 320 Å². The first kappa shape index (κ1) is 40.6. The summed E-state index contributed by atoms with van der Waals surface area (Å²) < 4.78 is 46.6. The summed E-state index contributed by atoms with van der Waals surface area (Å²) >= 11 is 0. The van der Waals surface area contributed by atoms with Gasteiger partial charge in [0.25, 0.3) is 5.91 Å². The number of hydrogen-bond donors (Lipinski definition) is 2. The van der Waals surface area contributed by atoms with Crippen LogP contribution in [-0.4, -0.2) is 120 Å². The van der Waals surface area contributed by atoms with Crippen LogP contribution in [0.4, 0.5) is 0 Å². The number of rotatable bonds is 8. The monoisotopic (exact) mass is 762 g/mol. The molecule has 4 atom stereocenters. The Morgan fingerprint density at radius 2 is 1.24 bits per heavy atom. The molecule has 0 spiro atoms. The fourth-order valence-corrected chi connectivity index (χ4v) is 6.55. The molecule has 55 heavy (non-hydrogen) atoms. The van der Waals surface area contributed by atoms with E-state index < -0.39 is 18.2 Å². The number of carbonyl (C=O) groups excluding carboxylic acids is 3. The number of aliphatic hydroxyl groups excluding tert-OH is 1. The van der Waals surface area contributed by atoms with Crippen LogP contribution in [0.3, 0.4) is 0 Å². The topological polar surface area (TPSA) is 161 Å². The number of nitrogens with one attached hydrogen (secondary N) is 1. The summed E-state index contributed by atoms with van der Waals surface area (Å²) in [6.45, 7) is 9.29. The molecule has 14 heteroatoms. The lowest BCUT2D eigenvalue weighted by Gasteiger charge is -2.43. The predicted molar refractivity (Wildman–Crippen MR) is 197 cm³/mol. The van der Waals surface area contributed by atoms with Crippen molar-refractivity contribution in [1.82, 2.24) is 10.2 Å². The Morgan fingerprint density at radius 3 is 1.84 bits per heavy atom. The Kier molecular flexibility index (Phi) is 15.3. The van der Waals surface area contributed by atoms with Crippen molar-refractivity contribution in [3.8, 4) is 0 Å². The van der Waals surface area contributed by atoms with Crippen molar-refractivity contribution in [1.29, 1.82) is 0 Å². The van der Waals surface area contributed by atoms with Gasteiger partial charge in [-0.15, -0.1) is 0 Å². The van der Waals surface area contributed by atoms with E-state index in [1.54, 1.807) is 0 Å². The van der Waals surface area contributed by atoms with Crippen LogP contribution in [0.25, 0.3) is 0 Å². The van der Waals surface area contributed by atoms with Gasteiger partial charge in [0.15, 0.2) is 6.29 Å². The molecule has 296 valence electrons. The van der Waals surface area contributed by atoms with Gasteiger partial charge < -0.3 is 48.3 Å². The van der Waals surface area contributed by atoms with Crippen LogP contribution in [0, 0.1) is 5.92 Å². The highest BCUT2D eigenvalue weighted by molar-refractivity contribution is 6.15. The Bertz CT molecular complexity index is 1680. The molecule has 1 amide bonds. The highest BCUT2D eigenvalue weighted by atomic mass is 16.7. The molecule has 0 saturated carbocycles. The molecule has 3 aromatic rings. The smallest absolute Gasteiger partial charge is 0.346 e. The minimum absolute atomic E-state index is 0.0243. The second kappa shape index (κ2) is 20.7.